The van der Waals surface area contributed by atoms with Crippen LogP contribution in [0, 0.1) is 0 Å². The second kappa shape index (κ2) is 6.50. The summed E-state index contributed by atoms with van der Waals surface area (Å²) in [6.45, 7) is 6.03. The van der Waals surface area contributed by atoms with Crippen molar-refractivity contribution in [3.8, 4) is 5.75 Å². The fourth-order valence-corrected chi connectivity index (χ4v) is 1.36. The third-order valence-electron chi connectivity index (χ3n) is 2.81. The minimum atomic E-state index is -4.66. The van der Waals surface area contributed by atoms with Crippen LogP contribution in [-0.4, -0.2) is 13.4 Å². The number of benzene rings is 1. The van der Waals surface area contributed by atoms with E-state index in [2.05, 4.69) is 4.74 Å². The van der Waals surface area contributed by atoms with E-state index in [4.69, 9.17) is 0 Å². The number of anilines is 1. The summed E-state index contributed by atoms with van der Waals surface area (Å²) in [5, 5.41) is 0. The van der Waals surface area contributed by atoms with Gasteiger partial charge in [-0.2, -0.15) is 0 Å². The highest BCUT2D eigenvalue weighted by molar-refractivity contribution is 5.51. The maximum atomic E-state index is 12.0. The molecule has 0 saturated carbocycles. The molecule has 0 saturated heterocycles. The third kappa shape index (κ3) is 5.38. The van der Waals surface area contributed by atoms with Gasteiger partial charge in [0.2, 0.25) is 0 Å². The lowest BCUT2D eigenvalue weighted by atomic mass is 10.2. The van der Waals surface area contributed by atoms with E-state index >= 15 is 0 Å². The summed E-state index contributed by atoms with van der Waals surface area (Å²) in [6.07, 6.45) is -0.842. The van der Waals surface area contributed by atoms with Gasteiger partial charge >= 0.3 is 6.36 Å². The molecular formula is C15H18F3NO. The maximum absolute atomic E-state index is 12.0. The fourth-order valence-electron chi connectivity index (χ4n) is 1.36. The lowest BCUT2D eigenvalue weighted by Crippen LogP contribution is -2.17. The zero-order valence-corrected chi connectivity index (χ0v) is 12.0. The molecule has 20 heavy (non-hydrogen) atoms. The molecule has 0 fully saturated rings. The second-order valence-corrected chi connectivity index (χ2v) is 4.65. The first-order valence-corrected chi connectivity index (χ1v) is 6.10. The first kappa shape index (κ1) is 16.1. The Hall–Kier alpha value is -1.91. The number of ether oxygens (including phenoxy) is 1. The molecule has 0 aliphatic carbocycles. The van der Waals surface area contributed by atoms with Crippen LogP contribution >= 0.6 is 0 Å². The predicted molar refractivity (Wildman–Crippen MR) is 74.7 cm³/mol. The molecule has 0 aromatic heterocycles. The Morgan fingerprint density at radius 1 is 1.10 bits per heavy atom. The van der Waals surface area contributed by atoms with Crippen molar-refractivity contribution in [1.82, 2.24) is 0 Å². The molecule has 1 aromatic carbocycles. The quantitative estimate of drug-likeness (QED) is 0.730. The Kier molecular flexibility index (Phi) is 5.25. The van der Waals surface area contributed by atoms with Crippen molar-refractivity contribution in [2.24, 2.45) is 0 Å². The number of hydrogen-bond donors (Lipinski definition) is 0. The summed E-state index contributed by atoms with van der Waals surface area (Å²) in [7, 11) is 1.83. The topological polar surface area (TPSA) is 12.5 Å². The number of allylic oxidation sites excluding steroid dienone is 3. The van der Waals surface area contributed by atoms with Crippen LogP contribution < -0.4 is 9.64 Å². The first-order chi connectivity index (χ1) is 9.19. The van der Waals surface area contributed by atoms with Gasteiger partial charge in [-0.3, -0.25) is 0 Å². The number of halogens is 3. The van der Waals surface area contributed by atoms with Crippen molar-refractivity contribution in [3.63, 3.8) is 0 Å². The van der Waals surface area contributed by atoms with Gasteiger partial charge in [0.15, 0.2) is 0 Å². The van der Waals surface area contributed by atoms with Crippen LogP contribution in [-0.2, 0) is 0 Å². The Labute approximate surface area is 117 Å². The Balaban J connectivity index is 2.76. The summed E-state index contributed by atoms with van der Waals surface area (Å²) in [5.74, 6) is -0.223. The summed E-state index contributed by atoms with van der Waals surface area (Å²) < 4.78 is 39.9. The highest BCUT2D eigenvalue weighted by Crippen LogP contribution is 2.25. The summed E-state index contributed by atoms with van der Waals surface area (Å²) in [4.78, 5) is 1.82. The van der Waals surface area contributed by atoms with Gasteiger partial charge in [-0.25, -0.2) is 0 Å². The van der Waals surface area contributed by atoms with Gasteiger partial charge in [0.1, 0.15) is 5.75 Å². The van der Waals surface area contributed by atoms with Gasteiger partial charge < -0.3 is 9.64 Å². The van der Waals surface area contributed by atoms with Crippen LogP contribution in [0.1, 0.15) is 20.8 Å². The van der Waals surface area contributed by atoms with Crippen molar-refractivity contribution in [2.75, 3.05) is 11.9 Å². The monoisotopic (exact) mass is 285 g/mol. The first-order valence-electron chi connectivity index (χ1n) is 6.10. The highest BCUT2D eigenvalue weighted by Gasteiger charge is 2.30. The molecule has 2 nitrogen and oxygen atoms in total. The molecule has 1 aromatic rings. The Morgan fingerprint density at radius 2 is 1.65 bits per heavy atom. The molecular weight excluding hydrogens is 267 g/mol. The third-order valence-corrected chi connectivity index (χ3v) is 2.81. The molecule has 0 heterocycles. The van der Waals surface area contributed by atoms with Crippen LogP contribution in [0.3, 0.4) is 0 Å². The SMILES string of the molecule is CC(C)=C(C)/C=C\N(C)c1ccc(OC(F)(F)F)cc1. The van der Waals surface area contributed by atoms with E-state index in [0.717, 1.165) is 11.3 Å². The number of rotatable bonds is 4. The lowest BCUT2D eigenvalue weighted by Gasteiger charge is -2.15. The molecule has 1 rings (SSSR count). The Bertz CT molecular complexity index is 497. The zero-order valence-electron chi connectivity index (χ0n) is 12.0. The van der Waals surface area contributed by atoms with Gasteiger partial charge in [0.05, 0.1) is 0 Å². The van der Waals surface area contributed by atoms with Crippen LogP contribution in [0.2, 0.25) is 0 Å². The van der Waals surface area contributed by atoms with Gasteiger partial charge in [-0.15, -0.1) is 13.2 Å². The largest absolute Gasteiger partial charge is 0.573 e. The van der Waals surface area contributed by atoms with E-state index in [-0.39, 0.29) is 5.75 Å². The summed E-state index contributed by atoms with van der Waals surface area (Å²) in [6, 6.07) is 5.73. The van der Waals surface area contributed by atoms with Crippen LogP contribution in [0.4, 0.5) is 18.9 Å². The summed E-state index contributed by atoms with van der Waals surface area (Å²) >= 11 is 0. The van der Waals surface area contributed by atoms with Gasteiger partial charge in [-0.1, -0.05) is 11.1 Å². The molecule has 0 spiro atoms. The van der Waals surface area contributed by atoms with E-state index < -0.39 is 6.36 Å². The minimum Gasteiger partial charge on any atom is -0.406 e. The molecule has 0 aliphatic rings. The molecule has 0 amide bonds. The van der Waals surface area contributed by atoms with Crippen LogP contribution in [0.25, 0.3) is 0 Å². The standard InChI is InChI=1S/C15H18F3NO/c1-11(2)12(3)9-10-19(4)13-5-7-14(8-6-13)20-15(16,17)18/h5-10H,1-4H3/b10-9-. The molecule has 0 atom stereocenters. The average Bonchev–Trinajstić information content (AvgIpc) is 2.34. The van der Waals surface area contributed by atoms with Gasteiger partial charge in [-0.05, 0) is 51.1 Å². The maximum Gasteiger partial charge on any atom is 0.573 e. The molecule has 0 N–H and O–H groups in total. The van der Waals surface area contributed by atoms with E-state index in [1.807, 2.05) is 45.0 Å². The number of nitrogens with zero attached hydrogens (tertiary/aromatic N) is 1. The average molecular weight is 285 g/mol. The van der Waals surface area contributed by atoms with Crippen LogP contribution in [0.5, 0.6) is 5.75 Å². The van der Waals surface area contributed by atoms with Crippen LogP contribution in [0.15, 0.2) is 47.7 Å². The molecule has 0 radical (unpaired) electrons. The summed E-state index contributed by atoms with van der Waals surface area (Å²) in [5.41, 5.74) is 3.13. The molecule has 5 heteroatoms. The van der Waals surface area contributed by atoms with E-state index in [9.17, 15) is 13.2 Å². The van der Waals surface area contributed by atoms with Crippen molar-refractivity contribution in [1.29, 1.82) is 0 Å². The van der Waals surface area contributed by atoms with Crippen molar-refractivity contribution in [3.05, 3.63) is 47.7 Å². The number of hydrogen-bond acceptors (Lipinski definition) is 2. The lowest BCUT2D eigenvalue weighted by molar-refractivity contribution is -0.274. The predicted octanol–water partition coefficient (Wildman–Crippen LogP) is 4.89. The van der Waals surface area contributed by atoms with E-state index in [0.29, 0.717) is 0 Å². The second-order valence-electron chi connectivity index (χ2n) is 4.65. The highest BCUT2D eigenvalue weighted by atomic mass is 19.4. The molecule has 0 unspecified atom stereocenters. The van der Waals surface area contributed by atoms with Gasteiger partial charge in [0, 0.05) is 18.9 Å². The van der Waals surface area contributed by atoms with Gasteiger partial charge in [0.25, 0.3) is 0 Å². The number of alkyl halides is 3. The van der Waals surface area contributed by atoms with Crippen molar-refractivity contribution >= 4 is 5.69 Å². The molecule has 110 valence electrons. The van der Waals surface area contributed by atoms with Crippen molar-refractivity contribution in [2.45, 2.75) is 27.1 Å². The normalized spacial score (nSPS) is 11.6. The minimum absolute atomic E-state index is 0.223. The van der Waals surface area contributed by atoms with E-state index in [1.165, 1.54) is 17.7 Å². The van der Waals surface area contributed by atoms with E-state index in [1.54, 1.807) is 12.1 Å². The van der Waals surface area contributed by atoms with Crippen molar-refractivity contribution < 1.29 is 17.9 Å². The fraction of sp³-hybridized carbons (Fsp3) is 0.333. The smallest absolute Gasteiger partial charge is 0.406 e. The molecule has 0 bridgehead atoms. The molecule has 0 aliphatic heterocycles. The Morgan fingerprint density at radius 3 is 2.10 bits per heavy atom. The zero-order chi connectivity index (χ0) is 15.3.